The minimum Gasteiger partial charge on any atom is -0.395 e. The molecule has 26 heavy (non-hydrogen) atoms. The van der Waals surface area contributed by atoms with Crippen molar-refractivity contribution < 1.29 is 9.90 Å². The number of amides is 1. The molecule has 0 unspecified atom stereocenters. The second-order valence-electron chi connectivity index (χ2n) is 6.61. The van der Waals surface area contributed by atoms with Crippen molar-refractivity contribution in [3.8, 4) is 11.1 Å². The van der Waals surface area contributed by atoms with Crippen LogP contribution in [0.3, 0.4) is 0 Å². The van der Waals surface area contributed by atoms with E-state index in [1.807, 2.05) is 30.3 Å². The fourth-order valence-corrected chi connectivity index (χ4v) is 3.58. The van der Waals surface area contributed by atoms with Gasteiger partial charge in [-0.3, -0.25) is 4.79 Å². The summed E-state index contributed by atoms with van der Waals surface area (Å²) < 4.78 is 2.12. The minimum absolute atomic E-state index is 0.00387. The molecule has 134 valence electrons. The van der Waals surface area contributed by atoms with Crippen molar-refractivity contribution in [2.24, 2.45) is 5.92 Å². The number of carbonyl (C=O) groups excluding carboxylic acids is 1. The molecule has 1 aliphatic rings. The Morgan fingerprint density at radius 2 is 2.04 bits per heavy atom. The van der Waals surface area contributed by atoms with E-state index in [4.69, 9.17) is 10.8 Å². The molecular formula is C19H21N5O2. The summed E-state index contributed by atoms with van der Waals surface area (Å²) in [6, 6.07) is 10.2. The lowest BCUT2D eigenvalue weighted by atomic mass is 9.79. The highest BCUT2D eigenvalue weighted by Gasteiger charge is 2.36. The molecule has 0 saturated heterocycles. The first kappa shape index (κ1) is 16.5. The zero-order valence-electron chi connectivity index (χ0n) is 14.3. The third kappa shape index (κ3) is 2.80. The highest BCUT2D eigenvalue weighted by atomic mass is 16.3. The van der Waals surface area contributed by atoms with Crippen LogP contribution < -0.4 is 11.1 Å². The fourth-order valence-electron chi connectivity index (χ4n) is 3.58. The number of anilines is 1. The fraction of sp³-hybridized carbons (Fsp3) is 0.316. The highest BCUT2D eigenvalue weighted by Crippen LogP contribution is 2.42. The van der Waals surface area contributed by atoms with Gasteiger partial charge in [-0.25, -0.2) is 9.97 Å². The molecular weight excluding hydrogens is 330 g/mol. The zero-order valence-corrected chi connectivity index (χ0v) is 14.3. The van der Waals surface area contributed by atoms with E-state index in [0.29, 0.717) is 12.4 Å². The van der Waals surface area contributed by atoms with Crippen LogP contribution in [0.25, 0.3) is 22.2 Å². The number of nitrogens with one attached hydrogen (secondary N) is 1. The number of rotatable bonds is 5. The minimum atomic E-state index is -0.0409. The number of nitrogen functional groups attached to an aromatic ring is 1. The van der Waals surface area contributed by atoms with E-state index in [1.165, 1.54) is 6.33 Å². The van der Waals surface area contributed by atoms with Gasteiger partial charge < -0.3 is 20.7 Å². The average Bonchev–Trinajstić information content (AvgIpc) is 3.00. The van der Waals surface area contributed by atoms with Crippen LogP contribution in [0.2, 0.25) is 0 Å². The lowest BCUT2D eigenvalue weighted by Gasteiger charge is -2.35. The molecule has 1 aliphatic carbocycles. The van der Waals surface area contributed by atoms with Crippen molar-refractivity contribution in [1.29, 1.82) is 0 Å². The smallest absolute Gasteiger partial charge is 0.223 e. The van der Waals surface area contributed by atoms with Crippen LogP contribution in [0.1, 0.15) is 18.9 Å². The maximum Gasteiger partial charge on any atom is 0.223 e. The molecule has 0 aliphatic heterocycles. The van der Waals surface area contributed by atoms with E-state index in [-0.39, 0.29) is 24.5 Å². The molecule has 0 radical (unpaired) electrons. The lowest BCUT2D eigenvalue weighted by molar-refractivity contribution is -0.128. The molecule has 0 spiro atoms. The van der Waals surface area contributed by atoms with E-state index in [1.54, 1.807) is 0 Å². The SMILES string of the molecule is Nc1ncnc2c1c(-c1ccccc1)cn2C1CC(C(=O)NCCO)C1. The summed E-state index contributed by atoms with van der Waals surface area (Å²) in [5.41, 5.74) is 9.02. The van der Waals surface area contributed by atoms with Gasteiger partial charge in [-0.1, -0.05) is 30.3 Å². The maximum atomic E-state index is 12.0. The molecule has 1 saturated carbocycles. The van der Waals surface area contributed by atoms with E-state index >= 15 is 0 Å². The molecule has 4 N–H and O–H groups in total. The van der Waals surface area contributed by atoms with E-state index in [2.05, 4.69) is 26.0 Å². The molecule has 1 fully saturated rings. The van der Waals surface area contributed by atoms with Crippen LogP contribution in [-0.2, 0) is 4.79 Å². The summed E-state index contributed by atoms with van der Waals surface area (Å²) in [6.45, 7) is 0.259. The normalized spacial score (nSPS) is 19.3. The van der Waals surface area contributed by atoms with Crippen LogP contribution in [0.5, 0.6) is 0 Å². The van der Waals surface area contributed by atoms with Crippen LogP contribution >= 0.6 is 0 Å². The number of fused-ring (bicyclic) bond motifs is 1. The molecule has 1 amide bonds. The molecule has 0 atom stereocenters. The maximum absolute atomic E-state index is 12.0. The molecule has 1 aromatic carbocycles. The predicted octanol–water partition coefficient (Wildman–Crippen LogP) is 1.74. The van der Waals surface area contributed by atoms with E-state index in [9.17, 15) is 4.79 Å². The summed E-state index contributed by atoms with van der Waals surface area (Å²) in [6.07, 6.45) is 5.04. The van der Waals surface area contributed by atoms with Crippen LogP contribution in [0, 0.1) is 5.92 Å². The van der Waals surface area contributed by atoms with Gasteiger partial charge in [-0.2, -0.15) is 0 Å². The monoisotopic (exact) mass is 351 g/mol. The van der Waals surface area contributed by atoms with Crippen molar-refractivity contribution >= 4 is 22.8 Å². The predicted molar refractivity (Wildman–Crippen MR) is 99.2 cm³/mol. The van der Waals surface area contributed by atoms with Crippen LogP contribution in [0.4, 0.5) is 5.82 Å². The first-order valence-corrected chi connectivity index (χ1v) is 8.74. The molecule has 2 heterocycles. The Labute approximate surface area is 150 Å². The second kappa shape index (κ2) is 6.76. The number of hydrogen-bond acceptors (Lipinski definition) is 5. The van der Waals surface area contributed by atoms with Gasteiger partial charge in [0.15, 0.2) is 0 Å². The number of nitrogens with two attached hydrogens (primary N) is 1. The summed E-state index contributed by atoms with van der Waals surface area (Å²) in [5, 5.41) is 12.4. The molecule has 2 aromatic heterocycles. The number of aliphatic hydroxyl groups excluding tert-OH is 1. The Morgan fingerprint density at radius 3 is 2.77 bits per heavy atom. The Balaban J connectivity index is 1.65. The van der Waals surface area contributed by atoms with E-state index < -0.39 is 0 Å². The van der Waals surface area contributed by atoms with Gasteiger partial charge in [-0.05, 0) is 18.4 Å². The topological polar surface area (TPSA) is 106 Å². The largest absolute Gasteiger partial charge is 0.395 e. The highest BCUT2D eigenvalue weighted by molar-refractivity contribution is 6.00. The van der Waals surface area contributed by atoms with Crippen molar-refractivity contribution in [3.63, 3.8) is 0 Å². The van der Waals surface area contributed by atoms with Gasteiger partial charge >= 0.3 is 0 Å². The summed E-state index contributed by atoms with van der Waals surface area (Å²) >= 11 is 0. The first-order chi connectivity index (χ1) is 12.7. The number of aliphatic hydroxyl groups is 1. The number of hydrogen-bond donors (Lipinski definition) is 3. The quantitative estimate of drug-likeness (QED) is 0.649. The van der Waals surface area contributed by atoms with Crippen molar-refractivity contribution in [3.05, 3.63) is 42.9 Å². The third-order valence-corrected chi connectivity index (χ3v) is 5.01. The Kier molecular flexibility index (Phi) is 4.30. The average molecular weight is 351 g/mol. The molecule has 7 heteroatoms. The summed E-state index contributed by atoms with van der Waals surface area (Å²) in [7, 11) is 0. The van der Waals surface area contributed by atoms with Crippen molar-refractivity contribution in [2.75, 3.05) is 18.9 Å². The second-order valence-corrected chi connectivity index (χ2v) is 6.61. The van der Waals surface area contributed by atoms with Crippen molar-refractivity contribution in [2.45, 2.75) is 18.9 Å². The standard InChI is InChI=1S/C19H21N5O2/c20-17-16-15(12-4-2-1-3-5-12)10-24(18(16)23-11-22-17)14-8-13(9-14)19(26)21-6-7-25/h1-5,10-11,13-14,25H,6-9H2,(H,21,26)(H2,20,22,23). The number of nitrogens with zero attached hydrogens (tertiary/aromatic N) is 3. The van der Waals surface area contributed by atoms with Gasteiger partial charge in [0.2, 0.25) is 5.91 Å². The molecule has 4 rings (SSSR count). The summed E-state index contributed by atoms with van der Waals surface area (Å²) in [4.78, 5) is 20.6. The summed E-state index contributed by atoms with van der Waals surface area (Å²) in [5.74, 6) is 0.441. The molecule has 0 bridgehead atoms. The van der Waals surface area contributed by atoms with Gasteiger partial charge in [0.25, 0.3) is 0 Å². The van der Waals surface area contributed by atoms with E-state index in [0.717, 1.165) is 35.0 Å². The zero-order chi connectivity index (χ0) is 18.1. The third-order valence-electron chi connectivity index (χ3n) is 5.01. The van der Waals surface area contributed by atoms with Crippen LogP contribution in [0.15, 0.2) is 42.9 Å². The first-order valence-electron chi connectivity index (χ1n) is 8.74. The van der Waals surface area contributed by atoms with Gasteiger partial charge in [0, 0.05) is 30.3 Å². The molecule has 7 nitrogen and oxygen atoms in total. The van der Waals surface area contributed by atoms with Gasteiger partial charge in [0.1, 0.15) is 17.8 Å². The van der Waals surface area contributed by atoms with Crippen LogP contribution in [-0.4, -0.2) is 38.7 Å². The lowest BCUT2D eigenvalue weighted by Crippen LogP contribution is -2.40. The number of aromatic nitrogens is 3. The number of carbonyl (C=O) groups is 1. The van der Waals surface area contributed by atoms with Crippen molar-refractivity contribution in [1.82, 2.24) is 19.9 Å². The Bertz CT molecular complexity index is 932. The molecule has 3 aromatic rings. The van der Waals surface area contributed by atoms with Gasteiger partial charge in [-0.15, -0.1) is 0 Å². The Hall–Kier alpha value is -2.93. The Morgan fingerprint density at radius 1 is 1.27 bits per heavy atom. The van der Waals surface area contributed by atoms with Gasteiger partial charge in [0.05, 0.1) is 12.0 Å². The number of benzene rings is 1.